The number of nitrogens with zero attached hydrogens (tertiary/aromatic N) is 4. The first-order valence-electron chi connectivity index (χ1n) is 7.80. The fraction of sp³-hybridized carbons (Fsp3) is 0.263. The van der Waals surface area contributed by atoms with Crippen LogP contribution in [0, 0.1) is 31.0 Å². The van der Waals surface area contributed by atoms with Gasteiger partial charge in [-0.25, -0.2) is 9.37 Å². The van der Waals surface area contributed by atoms with Crippen molar-refractivity contribution in [2.24, 2.45) is 0 Å². The van der Waals surface area contributed by atoms with Crippen molar-refractivity contribution in [3.05, 3.63) is 59.2 Å². The molecule has 3 rings (SSSR count). The highest BCUT2D eigenvalue weighted by Gasteiger charge is 2.17. The Balaban J connectivity index is 0.00000225. The summed E-state index contributed by atoms with van der Waals surface area (Å²) in [5.41, 5.74) is 4.22. The summed E-state index contributed by atoms with van der Waals surface area (Å²) in [6.07, 6.45) is 1.79. The fourth-order valence-corrected chi connectivity index (χ4v) is 3.06. The molecule has 0 bridgehead atoms. The number of rotatable bonds is 4. The van der Waals surface area contributed by atoms with Gasteiger partial charge in [0.15, 0.2) is 5.82 Å². The standard InChI is InChI=1S/C19H19FN4.ClH/c1-13-14(2)24(11-9-21)18-17(13)8-10-22-19(18)23(3)12-15-4-6-16(20)7-5-15;/h4-8,10H,11-12H2,1-3H3;1H. The van der Waals surface area contributed by atoms with E-state index in [1.165, 1.54) is 17.7 Å². The van der Waals surface area contributed by atoms with Crippen LogP contribution in [-0.4, -0.2) is 16.6 Å². The van der Waals surface area contributed by atoms with Crippen molar-refractivity contribution < 1.29 is 4.39 Å². The summed E-state index contributed by atoms with van der Waals surface area (Å²) >= 11 is 0. The van der Waals surface area contributed by atoms with Crippen LogP contribution in [0.3, 0.4) is 0 Å². The maximum Gasteiger partial charge on any atom is 0.153 e. The van der Waals surface area contributed by atoms with Gasteiger partial charge in [0.25, 0.3) is 0 Å². The zero-order chi connectivity index (χ0) is 17.3. The lowest BCUT2D eigenvalue weighted by molar-refractivity contribution is 0.627. The molecular weight excluding hydrogens is 339 g/mol. The van der Waals surface area contributed by atoms with Gasteiger partial charge in [0.05, 0.1) is 11.6 Å². The Labute approximate surface area is 152 Å². The van der Waals surface area contributed by atoms with Crippen LogP contribution in [0.4, 0.5) is 10.2 Å². The summed E-state index contributed by atoms with van der Waals surface area (Å²) in [5, 5.41) is 10.3. The summed E-state index contributed by atoms with van der Waals surface area (Å²) in [6.45, 7) is 4.99. The molecule has 0 saturated carbocycles. The van der Waals surface area contributed by atoms with Gasteiger partial charge in [-0.1, -0.05) is 12.1 Å². The molecule has 3 aromatic rings. The number of aromatic nitrogens is 2. The van der Waals surface area contributed by atoms with E-state index in [2.05, 4.69) is 18.0 Å². The van der Waals surface area contributed by atoms with Crippen molar-refractivity contribution in [2.75, 3.05) is 11.9 Å². The van der Waals surface area contributed by atoms with Crippen molar-refractivity contribution in [1.29, 1.82) is 5.26 Å². The number of anilines is 1. The van der Waals surface area contributed by atoms with Crippen LogP contribution >= 0.6 is 12.4 Å². The smallest absolute Gasteiger partial charge is 0.153 e. The molecule has 0 radical (unpaired) electrons. The van der Waals surface area contributed by atoms with E-state index < -0.39 is 0 Å². The third kappa shape index (κ3) is 3.45. The van der Waals surface area contributed by atoms with Gasteiger partial charge >= 0.3 is 0 Å². The fourth-order valence-electron chi connectivity index (χ4n) is 3.06. The molecule has 0 aliphatic heterocycles. The van der Waals surface area contributed by atoms with Crippen LogP contribution in [0.25, 0.3) is 10.9 Å². The van der Waals surface area contributed by atoms with Crippen LogP contribution in [0.1, 0.15) is 16.8 Å². The minimum atomic E-state index is -0.240. The van der Waals surface area contributed by atoms with Crippen molar-refractivity contribution in [3.63, 3.8) is 0 Å². The van der Waals surface area contributed by atoms with E-state index in [-0.39, 0.29) is 18.2 Å². The van der Waals surface area contributed by atoms with Crippen molar-refractivity contribution >= 4 is 29.1 Å². The Kier molecular flexibility index (Phi) is 5.66. The number of fused-ring (bicyclic) bond motifs is 1. The van der Waals surface area contributed by atoms with E-state index in [4.69, 9.17) is 5.26 Å². The average Bonchev–Trinajstić information content (AvgIpc) is 2.82. The lowest BCUT2D eigenvalue weighted by atomic mass is 10.2. The van der Waals surface area contributed by atoms with Gasteiger partial charge in [-0.15, -0.1) is 12.4 Å². The zero-order valence-corrected chi connectivity index (χ0v) is 15.3. The number of hydrogen-bond donors (Lipinski definition) is 0. The van der Waals surface area contributed by atoms with Crippen LogP contribution in [0.5, 0.6) is 0 Å². The highest BCUT2D eigenvalue weighted by molar-refractivity contribution is 5.93. The maximum atomic E-state index is 13.1. The molecule has 6 heteroatoms. The molecule has 0 aliphatic carbocycles. The van der Waals surface area contributed by atoms with E-state index >= 15 is 0 Å². The van der Waals surface area contributed by atoms with E-state index in [0.29, 0.717) is 13.1 Å². The molecular formula is C19H20ClFN4. The van der Waals surface area contributed by atoms with E-state index in [0.717, 1.165) is 28.0 Å². The molecule has 0 amide bonds. The van der Waals surface area contributed by atoms with E-state index in [9.17, 15) is 4.39 Å². The van der Waals surface area contributed by atoms with Crippen molar-refractivity contribution in [1.82, 2.24) is 9.55 Å². The summed E-state index contributed by atoms with van der Waals surface area (Å²) in [4.78, 5) is 6.57. The Morgan fingerprint density at radius 3 is 2.52 bits per heavy atom. The second-order valence-electron chi connectivity index (χ2n) is 5.97. The molecule has 1 aromatic carbocycles. The Morgan fingerprint density at radius 2 is 1.88 bits per heavy atom. The second kappa shape index (κ2) is 7.54. The SMILES string of the molecule is Cc1c(C)n(CC#N)c2c(N(C)Cc3ccc(F)cc3)nccc12.Cl. The van der Waals surface area contributed by atoms with Gasteiger partial charge in [0.2, 0.25) is 0 Å². The minimum Gasteiger partial charge on any atom is -0.354 e. The Bertz CT molecular complexity index is 925. The first-order valence-corrected chi connectivity index (χ1v) is 7.80. The number of hydrogen-bond acceptors (Lipinski definition) is 3. The molecule has 0 saturated heterocycles. The van der Waals surface area contributed by atoms with Gasteiger partial charge in [-0.2, -0.15) is 5.26 Å². The van der Waals surface area contributed by atoms with Gasteiger partial charge in [0.1, 0.15) is 12.4 Å². The molecule has 4 nitrogen and oxygen atoms in total. The Hall–Kier alpha value is -2.58. The van der Waals surface area contributed by atoms with Gasteiger partial charge in [0, 0.05) is 30.9 Å². The average molecular weight is 359 g/mol. The summed E-state index contributed by atoms with van der Waals surface area (Å²) < 4.78 is 15.1. The number of benzene rings is 1. The molecule has 2 aromatic heterocycles. The summed E-state index contributed by atoms with van der Waals surface area (Å²) in [7, 11) is 1.96. The highest BCUT2D eigenvalue weighted by atomic mass is 35.5. The quantitative estimate of drug-likeness (QED) is 0.695. The zero-order valence-electron chi connectivity index (χ0n) is 14.5. The van der Waals surface area contributed by atoms with Gasteiger partial charge in [-0.3, -0.25) is 0 Å². The minimum absolute atomic E-state index is 0. The number of nitriles is 1. The number of pyridine rings is 1. The third-order valence-electron chi connectivity index (χ3n) is 4.45. The molecule has 0 aliphatic rings. The largest absolute Gasteiger partial charge is 0.354 e. The molecule has 0 fully saturated rings. The lowest BCUT2D eigenvalue weighted by Gasteiger charge is -2.20. The molecule has 0 atom stereocenters. The molecule has 130 valence electrons. The van der Waals surface area contributed by atoms with Crippen molar-refractivity contribution in [3.8, 4) is 6.07 Å². The Morgan fingerprint density at radius 1 is 1.20 bits per heavy atom. The molecule has 25 heavy (non-hydrogen) atoms. The monoisotopic (exact) mass is 358 g/mol. The highest BCUT2D eigenvalue weighted by Crippen LogP contribution is 2.31. The number of halogens is 2. The topological polar surface area (TPSA) is 44.9 Å². The van der Waals surface area contributed by atoms with Gasteiger partial charge < -0.3 is 9.47 Å². The molecule has 0 spiro atoms. The van der Waals surface area contributed by atoms with Crippen LogP contribution in [-0.2, 0) is 13.1 Å². The first kappa shape index (κ1) is 18.8. The van der Waals surface area contributed by atoms with Crippen LogP contribution in [0.15, 0.2) is 36.5 Å². The van der Waals surface area contributed by atoms with Crippen LogP contribution in [0.2, 0.25) is 0 Å². The molecule has 2 heterocycles. The van der Waals surface area contributed by atoms with Gasteiger partial charge in [-0.05, 0) is 43.2 Å². The van der Waals surface area contributed by atoms with E-state index in [1.54, 1.807) is 18.3 Å². The first-order chi connectivity index (χ1) is 11.5. The maximum absolute atomic E-state index is 13.1. The predicted octanol–water partition coefficient (Wildman–Crippen LogP) is 4.37. The second-order valence-corrected chi connectivity index (χ2v) is 5.97. The van der Waals surface area contributed by atoms with Crippen molar-refractivity contribution in [2.45, 2.75) is 26.9 Å². The molecule has 0 unspecified atom stereocenters. The lowest BCUT2D eigenvalue weighted by Crippen LogP contribution is -2.19. The predicted molar refractivity (Wildman–Crippen MR) is 101 cm³/mol. The third-order valence-corrected chi connectivity index (χ3v) is 4.45. The normalized spacial score (nSPS) is 10.4. The van der Waals surface area contributed by atoms with E-state index in [1.807, 2.05) is 29.5 Å². The summed E-state index contributed by atoms with van der Waals surface area (Å²) in [6, 6.07) is 10.7. The van der Waals surface area contributed by atoms with Crippen LogP contribution < -0.4 is 4.90 Å². The molecule has 0 N–H and O–H groups in total. The summed E-state index contributed by atoms with van der Waals surface area (Å²) in [5.74, 6) is 0.582. The number of aryl methyl sites for hydroxylation is 1.